The van der Waals surface area contributed by atoms with E-state index >= 15 is 0 Å². The molecule has 1 aromatic carbocycles. The summed E-state index contributed by atoms with van der Waals surface area (Å²) in [6, 6.07) is 10.2. The molecule has 0 saturated heterocycles. The predicted octanol–water partition coefficient (Wildman–Crippen LogP) is 3.99. The number of nitrogens with two attached hydrogens (primary N) is 1. The van der Waals surface area contributed by atoms with Gasteiger partial charge in [-0.15, -0.1) is 0 Å². The zero-order valence-corrected chi connectivity index (χ0v) is 12.1. The van der Waals surface area contributed by atoms with Gasteiger partial charge in [0.15, 0.2) is 0 Å². The van der Waals surface area contributed by atoms with E-state index in [9.17, 15) is 0 Å². The van der Waals surface area contributed by atoms with E-state index in [0.717, 1.165) is 22.0 Å². The Kier molecular flexibility index (Phi) is 2.97. The summed E-state index contributed by atoms with van der Waals surface area (Å²) in [5, 5.41) is 4.73. The number of aromatic nitrogens is 1. The van der Waals surface area contributed by atoms with Crippen LogP contribution in [-0.4, -0.2) is 9.91 Å². The van der Waals surface area contributed by atoms with Crippen molar-refractivity contribution in [2.45, 2.75) is 32.2 Å². The zero-order chi connectivity index (χ0) is 13.5. The fourth-order valence-electron chi connectivity index (χ4n) is 2.47. The highest BCUT2D eigenvalue weighted by atomic mass is 32.1. The second kappa shape index (κ2) is 4.53. The van der Waals surface area contributed by atoms with Gasteiger partial charge in [0.2, 0.25) is 0 Å². The first kappa shape index (κ1) is 12.5. The van der Waals surface area contributed by atoms with Crippen molar-refractivity contribution in [3.05, 3.63) is 30.3 Å². The first-order valence-corrected chi connectivity index (χ1v) is 7.44. The molecule has 1 aliphatic carbocycles. The maximum absolute atomic E-state index is 6.04. The number of benzene rings is 1. The van der Waals surface area contributed by atoms with E-state index in [1.54, 1.807) is 0 Å². The standard InChI is InChI=1S/C15H19N3S/c1-15(2,11-8-9-11)17-14-12(13(16)18-19-14)10-6-4-3-5-7-10/h3-7,11,17H,8-9H2,1-2H3,(H2,16,18). The molecule has 0 radical (unpaired) electrons. The summed E-state index contributed by atoms with van der Waals surface area (Å²) < 4.78 is 4.31. The number of nitrogens with zero attached hydrogens (tertiary/aromatic N) is 1. The molecule has 100 valence electrons. The summed E-state index contributed by atoms with van der Waals surface area (Å²) in [4.78, 5) is 0. The molecule has 0 spiro atoms. The van der Waals surface area contributed by atoms with Crippen molar-refractivity contribution in [1.29, 1.82) is 0 Å². The normalized spacial score (nSPS) is 15.5. The van der Waals surface area contributed by atoms with Crippen LogP contribution in [0.25, 0.3) is 11.1 Å². The molecule has 0 unspecified atom stereocenters. The van der Waals surface area contributed by atoms with Crippen LogP contribution in [0.4, 0.5) is 10.8 Å². The van der Waals surface area contributed by atoms with Gasteiger partial charge in [-0.2, -0.15) is 4.37 Å². The summed E-state index contributed by atoms with van der Waals surface area (Å²) in [5.74, 6) is 1.38. The zero-order valence-electron chi connectivity index (χ0n) is 11.3. The van der Waals surface area contributed by atoms with E-state index in [1.807, 2.05) is 18.2 Å². The lowest BCUT2D eigenvalue weighted by Gasteiger charge is -2.27. The van der Waals surface area contributed by atoms with Gasteiger partial charge < -0.3 is 11.1 Å². The minimum absolute atomic E-state index is 0.114. The van der Waals surface area contributed by atoms with Gasteiger partial charge in [0, 0.05) is 5.54 Å². The molecular formula is C15H19N3S. The Morgan fingerprint density at radius 3 is 2.58 bits per heavy atom. The molecular weight excluding hydrogens is 254 g/mol. The van der Waals surface area contributed by atoms with E-state index in [0.29, 0.717) is 5.82 Å². The molecule has 0 bridgehead atoms. The third kappa shape index (κ3) is 2.45. The fraction of sp³-hybridized carbons (Fsp3) is 0.400. The quantitative estimate of drug-likeness (QED) is 0.885. The van der Waals surface area contributed by atoms with Crippen LogP contribution < -0.4 is 11.1 Å². The Bertz CT molecular complexity index is 570. The Hall–Kier alpha value is -1.55. The van der Waals surface area contributed by atoms with Crippen molar-refractivity contribution in [2.24, 2.45) is 5.92 Å². The average Bonchev–Trinajstić information content (AvgIpc) is 3.17. The van der Waals surface area contributed by atoms with Crippen LogP contribution in [-0.2, 0) is 0 Å². The van der Waals surface area contributed by atoms with Gasteiger partial charge in [-0.05, 0) is 49.7 Å². The SMILES string of the molecule is CC(C)(Nc1snc(N)c1-c1ccccc1)C1CC1. The molecule has 0 atom stereocenters. The van der Waals surface area contributed by atoms with Gasteiger partial charge in [-0.25, -0.2) is 0 Å². The monoisotopic (exact) mass is 273 g/mol. The largest absolute Gasteiger partial charge is 0.382 e. The molecule has 1 saturated carbocycles. The lowest BCUT2D eigenvalue weighted by Crippen LogP contribution is -2.33. The van der Waals surface area contributed by atoms with Gasteiger partial charge in [0.05, 0.1) is 5.56 Å². The van der Waals surface area contributed by atoms with Gasteiger partial charge in [0.25, 0.3) is 0 Å². The predicted molar refractivity (Wildman–Crippen MR) is 82.4 cm³/mol. The molecule has 19 heavy (non-hydrogen) atoms. The minimum Gasteiger partial charge on any atom is -0.382 e. The van der Waals surface area contributed by atoms with Crippen LogP contribution >= 0.6 is 11.5 Å². The van der Waals surface area contributed by atoms with Gasteiger partial charge >= 0.3 is 0 Å². The number of nitrogen functional groups attached to an aromatic ring is 1. The van der Waals surface area contributed by atoms with Crippen LogP contribution in [0, 0.1) is 5.92 Å². The minimum atomic E-state index is 0.114. The second-order valence-electron chi connectivity index (χ2n) is 5.76. The second-order valence-corrected chi connectivity index (χ2v) is 6.53. The first-order chi connectivity index (χ1) is 9.08. The summed E-state index contributed by atoms with van der Waals surface area (Å²) >= 11 is 1.46. The molecule has 2 aromatic rings. The van der Waals surface area contributed by atoms with E-state index in [2.05, 4.69) is 35.7 Å². The molecule has 1 aliphatic rings. The topological polar surface area (TPSA) is 50.9 Å². The van der Waals surface area contributed by atoms with Gasteiger partial charge in [0.1, 0.15) is 10.8 Å². The maximum atomic E-state index is 6.04. The van der Waals surface area contributed by atoms with Crippen LogP contribution in [0.5, 0.6) is 0 Å². The molecule has 3 rings (SSSR count). The molecule has 0 aliphatic heterocycles. The molecule has 3 N–H and O–H groups in total. The molecule has 4 heteroatoms. The van der Waals surface area contributed by atoms with Crippen LogP contribution in [0.3, 0.4) is 0 Å². The number of anilines is 2. The lowest BCUT2D eigenvalue weighted by molar-refractivity contribution is 0.496. The summed E-state index contributed by atoms with van der Waals surface area (Å²) in [5.41, 5.74) is 8.33. The number of nitrogens with one attached hydrogen (secondary N) is 1. The highest BCUT2D eigenvalue weighted by Crippen LogP contribution is 2.44. The number of hydrogen-bond donors (Lipinski definition) is 2. The molecule has 1 heterocycles. The Morgan fingerprint density at radius 2 is 1.95 bits per heavy atom. The highest BCUT2D eigenvalue weighted by molar-refractivity contribution is 7.11. The van der Waals surface area contributed by atoms with Gasteiger partial charge in [-0.1, -0.05) is 30.3 Å². The smallest absolute Gasteiger partial charge is 0.147 e. The fourth-order valence-corrected chi connectivity index (χ4v) is 3.37. The van der Waals surface area contributed by atoms with Gasteiger partial charge in [-0.3, -0.25) is 0 Å². The maximum Gasteiger partial charge on any atom is 0.147 e. The lowest BCUT2D eigenvalue weighted by atomic mass is 9.98. The van der Waals surface area contributed by atoms with Crippen molar-refractivity contribution in [3.63, 3.8) is 0 Å². The van der Waals surface area contributed by atoms with Crippen LogP contribution in [0.2, 0.25) is 0 Å². The van der Waals surface area contributed by atoms with Crippen molar-refractivity contribution < 1.29 is 0 Å². The summed E-state index contributed by atoms with van der Waals surface area (Å²) in [6.45, 7) is 4.52. The third-order valence-electron chi connectivity index (χ3n) is 3.81. The van der Waals surface area contributed by atoms with Crippen LogP contribution in [0.15, 0.2) is 30.3 Å². The number of hydrogen-bond acceptors (Lipinski definition) is 4. The molecule has 1 fully saturated rings. The van der Waals surface area contributed by atoms with Crippen molar-refractivity contribution in [2.75, 3.05) is 11.1 Å². The molecule has 3 nitrogen and oxygen atoms in total. The van der Waals surface area contributed by atoms with Crippen molar-refractivity contribution in [3.8, 4) is 11.1 Å². The molecule has 1 aromatic heterocycles. The highest BCUT2D eigenvalue weighted by Gasteiger charge is 2.38. The van der Waals surface area contributed by atoms with Crippen molar-refractivity contribution in [1.82, 2.24) is 4.37 Å². The van der Waals surface area contributed by atoms with E-state index < -0.39 is 0 Å². The Morgan fingerprint density at radius 1 is 1.26 bits per heavy atom. The van der Waals surface area contributed by atoms with E-state index in [4.69, 9.17) is 5.73 Å². The molecule has 0 amide bonds. The van der Waals surface area contributed by atoms with Crippen LogP contribution in [0.1, 0.15) is 26.7 Å². The summed E-state index contributed by atoms with van der Waals surface area (Å²) in [6.07, 6.45) is 2.63. The average molecular weight is 273 g/mol. The van der Waals surface area contributed by atoms with E-state index in [1.165, 1.54) is 24.4 Å². The Labute approximate surface area is 118 Å². The third-order valence-corrected chi connectivity index (χ3v) is 4.59. The van der Waals surface area contributed by atoms with Crippen molar-refractivity contribution >= 4 is 22.4 Å². The number of rotatable bonds is 4. The van der Waals surface area contributed by atoms with E-state index in [-0.39, 0.29) is 5.54 Å². The summed E-state index contributed by atoms with van der Waals surface area (Å²) in [7, 11) is 0. The Balaban J connectivity index is 1.95. The first-order valence-electron chi connectivity index (χ1n) is 6.66.